The van der Waals surface area contributed by atoms with Crippen LogP contribution in [0.15, 0.2) is 47.2 Å². The number of benzene rings is 1. The number of anilines is 1. The van der Waals surface area contributed by atoms with Crippen molar-refractivity contribution < 1.29 is 4.52 Å². The molecule has 0 N–H and O–H groups in total. The Morgan fingerprint density at radius 1 is 1.17 bits per heavy atom. The summed E-state index contributed by atoms with van der Waals surface area (Å²) in [5.74, 6) is 2.81. The third kappa shape index (κ3) is 2.44. The van der Waals surface area contributed by atoms with E-state index in [-0.39, 0.29) is 5.54 Å². The van der Waals surface area contributed by atoms with E-state index in [9.17, 15) is 0 Å². The van der Waals surface area contributed by atoms with Crippen LogP contribution in [0.5, 0.6) is 0 Å². The van der Waals surface area contributed by atoms with Crippen molar-refractivity contribution in [2.45, 2.75) is 51.6 Å². The molecule has 6 rings (SSSR count). The van der Waals surface area contributed by atoms with Gasteiger partial charge in [-0.25, -0.2) is 9.50 Å². The predicted molar refractivity (Wildman–Crippen MR) is 113 cm³/mol. The normalized spacial score (nSPS) is 25.5. The summed E-state index contributed by atoms with van der Waals surface area (Å²) in [5.41, 5.74) is 4.17. The summed E-state index contributed by atoms with van der Waals surface area (Å²) in [7, 11) is 0. The van der Waals surface area contributed by atoms with Gasteiger partial charge in [0, 0.05) is 29.9 Å². The zero-order chi connectivity index (χ0) is 20.5. The third-order valence-corrected chi connectivity index (χ3v) is 6.71. The van der Waals surface area contributed by atoms with Crippen molar-refractivity contribution in [1.82, 2.24) is 24.7 Å². The highest BCUT2D eigenvalue weighted by Crippen LogP contribution is 2.57. The molecule has 0 unspecified atom stereocenters. The molecule has 1 aromatic carbocycles. The standard InChI is InChI=1S/C23H24N6O/c1-14-9-19-12-23(11-14,22-25-16(3)27-30-22)29(19)17-7-6-15(2)20(10-17)21-24-13-18-5-4-8-28(18)26-21/h4-8,10,13-14,19H,9,11-12H2,1-3H3/t14-,19+,23-/m1/s1. The first-order valence-electron chi connectivity index (χ1n) is 10.5. The van der Waals surface area contributed by atoms with Gasteiger partial charge in [0.25, 0.3) is 5.89 Å². The highest BCUT2D eigenvalue weighted by Gasteiger charge is 2.60. The van der Waals surface area contributed by atoms with Crippen LogP contribution in [-0.4, -0.2) is 30.8 Å². The number of aryl methyl sites for hydroxylation is 2. The number of hydrogen-bond donors (Lipinski definition) is 0. The van der Waals surface area contributed by atoms with E-state index in [0.29, 0.717) is 17.8 Å². The first-order chi connectivity index (χ1) is 14.5. The smallest absolute Gasteiger partial charge is 0.252 e. The molecule has 0 spiro atoms. The highest BCUT2D eigenvalue weighted by molar-refractivity contribution is 5.69. The van der Waals surface area contributed by atoms with Gasteiger partial charge in [-0.3, -0.25) is 0 Å². The summed E-state index contributed by atoms with van der Waals surface area (Å²) >= 11 is 0. The van der Waals surface area contributed by atoms with Crippen LogP contribution < -0.4 is 4.90 Å². The van der Waals surface area contributed by atoms with Gasteiger partial charge in [-0.2, -0.15) is 4.98 Å². The molecule has 7 nitrogen and oxygen atoms in total. The van der Waals surface area contributed by atoms with Gasteiger partial charge in [0.15, 0.2) is 11.6 Å². The first kappa shape index (κ1) is 17.6. The monoisotopic (exact) mass is 400 g/mol. The maximum absolute atomic E-state index is 5.69. The summed E-state index contributed by atoms with van der Waals surface area (Å²) in [4.78, 5) is 11.8. The van der Waals surface area contributed by atoms with Crippen molar-refractivity contribution in [2.75, 3.05) is 4.90 Å². The Kier molecular flexibility index (Phi) is 3.61. The molecule has 1 saturated heterocycles. The van der Waals surface area contributed by atoms with Crippen LogP contribution in [-0.2, 0) is 5.54 Å². The molecule has 30 heavy (non-hydrogen) atoms. The minimum absolute atomic E-state index is 0.207. The summed E-state index contributed by atoms with van der Waals surface area (Å²) in [6.07, 6.45) is 7.10. The summed E-state index contributed by atoms with van der Waals surface area (Å²) in [6, 6.07) is 11.1. The van der Waals surface area contributed by atoms with E-state index in [1.807, 2.05) is 36.0 Å². The molecule has 7 heteroatoms. The summed E-state index contributed by atoms with van der Waals surface area (Å²) in [5, 5.41) is 8.80. The Hall–Kier alpha value is -3.22. The van der Waals surface area contributed by atoms with Crippen LogP contribution in [0.3, 0.4) is 0 Å². The van der Waals surface area contributed by atoms with Crippen LogP contribution in [0.2, 0.25) is 0 Å². The lowest BCUT2D eigenvalue weighted by atomic mass is 9.63. The van der Waals surface area contributed by atoms with Crippen LogP contribution in [0.1, 0.15) is 43.5 Å². The number of fused-ring (bicyclic) bond motifs is 3. The largest absolute Gasteiger partial charge is 0.354 e. The molecule has 2 aliphatic rings. The van der Waals surface area contributed by atoms with Gasteiger partial charge in [0.2, 0.25) is 0 Å². The topological polar surface area (TPSA) is 72.4 Å². The molecule has 0 amide bonds. The minimum atomic E-state index is -0.207. The lowest BCUT2D eigenvalue weighted by Crippen LogP contribution is -2.68. The van der Waals surface area contributed by atoms with Crippen molar-refractivity contribution in [2.24, 2.45) is 5.92 Å². The number of aromatic nitrogens is 5. The maximum atomic E-state index is 5.69. The Morgan fingerprint density at radius 2 is 2.07 bits per heavy atom. The molecular weight excluding hydrogens is 376 g/mol. The van der Waals surface area contributed by atoms with E-state index in [2.05, 4.69) is 52.1 Å². The molecular formula is C23H24N6O. The summed E-state index contributed by atoms with van der Waals surface area (Å²) in [6.45, 7) is 6.32. The molecule has 3 aromatic heterocycles. The second kappa shape index (κ2) is 6.14. The number of piperidine rings is 1. The third-order valence-electron chi connectivity index (χ3n) is 6.71. The Balaban J connectivity index is 1.45. The van der Waals surface area contributed by atoms with E-state index < -0.39 is 0 Å². The molecule has 2 fully saturated rings. The number of nitrogens with zero attached hydrogens (tertiary/aromatic N) is 6. The van der Waals surface area contributed by atoms with E-state index in [4.69, 9.17) is 9.62 Å². The highest BCUT2D eigenvalue weighted by atomic mass is 16.5. The molecule has 4 heterocycles. The van der Waals surface area contributed by atoms with Gasteiger partial charge in [-0.15, -0.1) is 5.10 Å². The van der Waals surface area contributed by atoms with Gasteiger partial charge < -0.3 is 9.42 Å². The number of hydrogen-bond acceptors (Lipinski definition) is 6. The van der Waals surface area contributed by atoms with Gasteiger partial charge in [0.05, 0.1) is 11.7 Å². The Morgan fingerprint density at radius 3 is 2.90 bits per heavy atom. The molecule has 1 aliphatic heterocycles. The maximum Gasteiger partial charge on any atom is 0.252 e. The van der Waals surface area contributed by atoms with Crippen LogP contribution in [0, 0.1) is 19.8 Å². The van der Waals surface area contributed by atoms with Gasteiger partial charge in [-0.05, 0) is 62.4 Å². The quantitative estimate of drug-likeness (QED) is 0.511. The van der Waals surface area contributed by atoms with E-state index >= 15 is 0 Å². The molecule has 3 atom stereocenters. The Labute approximate surface area is 174 Å². The van der Waals surface area contributed by atoms with E-state index in [1.165, 1.54) is 12.1 Å². The first-order valence-corrected chi connectivity index (χ1v) is 10.5. The Bertz CT molecular complexity index is 1260. The molecule has 1 saturated carbocycles. The second-order valence-electron chi connectivity index (χ2n) is 8.91. The average molecular weight is 400 g/mol. The number of rotatable bonds is 3. The van der Waals surface area contributed by atoms with Crippen molar-refractivity contribution in [1.29, 1.82) is 0 Å². The molecule has 1 aliphatic carbocycles. The van der Waals surface area contributed by atoms with Crippen LogP contribution in [0.25, 0.3) is 16.9 Å². The van der Waals surface area contributed by atoms with Crippen molar-refractivity contribution in [3.05, 3.63) is 60.0 Å². The summed E-state index contributed by atoms with van der Waals surface area (Å²) < 4.78 is 7.56. The SMILES string of the molecule is Cc1noc([C@@]23C[C@H](C)C[C@@H](C2)N3c2ccc(C)c(-c3ncc4cccn4n3)c2)n1. The molecule has 0 radical (unpaired) electrons. The fourth-order valence-electron chi connectivity index (χ4n) is 5.49. The molecule has 4 aromatic rings. The van der Waals surface area contributed by atoms with Crippen molar-refractivity contribution >= 4 is 11.2 Å². The fourth-order valence-corrected chi connectivity index (χ4v) is 5.49. The molecule has 2 bridgehead atoms. The molecule has 152 valence electrons. The van der Waals surface area contributed by atoms with E-state index in [0.717, 1.165) is 41.2 Å². The van der Waals surface area contributed by atoms with Gasteiger partial charge >= 0.3 is 0 Å². The van der Waals surface area contributed by atoms with Gasteiger partial charge in [0.1, 0.15) is 5.54 Å². The predicted octanol–water partition coefficient (Wildman–Crippen LogP) is 4.30. The fraction of sp³-hybridized carbons (Fsp3) is 0.391. The average Bonchev–Trinajstić information content (AvgIpc) is 3.37. The van der Waals surface area contributed by atoms with Gasteiger partial charge in [-0.1, -0.05) is 18.1 Å². The minimum Gasteiger partial charge on any atom is -0.354 e. The zero-order valence-electron chi connectivity index (χ0n) is 17.4. The van der Waals surface area contributed by atoms with Crippen LogP contribution >= 0.6 is 0 Å². The van der Waals surface area contributed by atoms with Crippen molar-refractivity contribution in [3.63, 3.8) is 0 Å². The van der Waals surface area contributed by atoms with Crippen molar-refractivity contribution in [3.8, 4) is 11.4 Å². The van der Waals surface area contributed by atoms with Crippen LogP contribution in [0.4, 0.5) is 5.69 Å². The lowest BCUT2D eigenvalue weighted by Gasteiger charge is -2.63. The lowest BCUT2D eigenvalue weighted by molar-refractivity contribution is 0.0584. The zero-order valence-corrected chi connectivity index (χ0v) is 17.4. The van der Waals surface area contributed by atoms with E-state index in [1.54, 1.807) is 0 Å². The second-order valence-corrected chi connectivity index (χ2v) is 8.91.